The molecule has 0 spiro atoms. The zero-order valence-electron chi connectivity index (χ0n) is 12.5. The second-order valence-corrected chi connectivity index (χ2v) is 4.91. The fraction of sp³-hybridized carbons (Fsp3) is 0.533. The van der Waals surface area contributed by atoms with Crippen LogP contribution < -0.4 is 10.1 Å². The van der Waals surface area contributed by atoms with E-state index in [1.54, 1.807) is 12.1 Å². The van der Waals surface area contributed by atoms with Gasteiger partial charge in [0.25, 0.3) is 0 Å². The van der Waals surface area contributed by atoms with Gasteiger partial charge in [0, 0.05) is 0 Å². The molecule has 1 N–H and O–H groups in total. The lowest BCUT2D eigenvalue weighted by molar-refractivity contribution is -0.142. The van der Waals surface area contributed by atoms with Gasteiger partial charge in [-0.3, -0.25) is 4.79 Å². The van der Waals surface area contributed by atoms with Crippen LogP contribution in [0.3, 0.4) is 0 Å². The minimum atomic E-state index is -2.85. The molecule has 0 heterocycles. The summed E-state index contributed by atoms with van der Waals surface area (Å²) >= 11 is 0. The largest absolute Gasteiger partial charge is 0.469 e. The van der Waals surface area contributed by atoms with E-state index < -0.39 is 12.2 Å². The van der Waals surface area contributed by atoms with Crippen molar-refractivity contribution >= 4 is 5.97 Å². The maximum atomic E-state index is 12.1. The standard InChI is InChI=1S/C15H21F2NO3/c1-4-9-18-15(2,10-13(19)20-3)11-5-7-12(8-6-11)21-14(16)17/h5-8,14,18H,4,9-10H2,1-3H3. The monoisotopic (exact) mass is 301 g/mol. The number of carbonyl (C=O) groups is 1. The molecule has 0 saturated carbocycles. The first-order chi connectivity index (χ1) is 9.91. The fourth-order valence-corrected chi connectivity index (χ4v) is 2.03. The summed E-state index contributed by atoms with van der Waals surface area (Å²) in [6.45, 7) is 1.77. The number of carbonyl (C=O) groups excluding carboxylic acids is 1. The highest BCUT2D eigenvalue weighted by Crippen LogP contribution is 2.27. The minimum Gasteiger partial charge on any atom is -0.469 e. The summed E-state index contributed by atoms with van der Waals surface area (Å²) < 4.78 is 33.3. The summed E-state index contributed by atoms with van der Waals surface area (Å²) in [7, 11) is 1.34. The van der Waals surface area contributed by atoms with Crippen molar-refractivity contribution in [2.24, 2.45) is 0 Å². The molecule has 21 heavy (non-hydrogen) atoms. The number of rotatable bonds is 8. The van der Waals surface area contributed by atoms with Crippen LogP contribution >= 0.6 is 0 Å². The zero-order valence-corrected chi connectivity index (χ0v) is 12.5. The molecule has 0 aliphatic carbocycles. The third-order valence-electron chi connectivity index (χ3n) is 3.21. The molecule has 0 aromatic heterocycles. The van der Waals surface area contributed by atoms with Crippen LogP contribution in [0.15, 0.2) is 24.3 Å². The average Bonchev–Trinajstić information content (AvgIpc) is 2.45. The van der Waals surface area contributed by atoms with E-state index in [0.717, 1.165) is 18.5 Å². The molecule has 118 valence electrons. The number of hydrogen-bond acceptors (Lipinski definition) is 4. The molecule has 1 unspecified atom stereocenters. The van der Waals surface area contributed by atoms with Crippen LogP contribution in [0.4, 0.5) is 8.78 Å². The summed E-state index contributed by atoms with van der Waals surface area (Å²) in [5.74, 6) is -0.251. The number of esters is 1. The van der Waals surface area contributed by atoms with Crippen LogP contribution in [0.1, 0.15) is 32.3 Å². The molecule has 0 fully saturated rings. The normalized spacial score (nSPS) is 13.8. The van der Waals surface area contributed by atoms with Crippen LogP contribution in [-0.2, 0) is 15.1 Å². The second-order valence-electron chi connectivity index (χ2n) is 4.91. The van der Waals surface area contributed by atoms with Gasteiger partial charge in [-0.1, -0.05) is 19.1 Å². The SMILES string of the molecule is CCCNC(C)(CC(=O)OC)c1ccc(OC(F)F)cc1. The van der Waals surface area contributed by atoms with Gasteiger partial charge in [0.15, 0.2) is 0 Å². The van der Waals surface area contributed by atoms with E-state index in [1.807, 2.05) is 13.8 Å². The Balaban J connectivity index is 2.93. The molecule has 0 aliphatic heterocycles. The first-order valence-corrected chi connectivity index (χ1v) is 6.78. The Hall–Kier alpha value is -1.69. The Labute approximate surface area is 123 Å². The minimum absolute atomic E-state index is 0.0876. The molecule has 1 rings (SSSR count). The van der Waals surface area contributed by atoms with Gasteiger partial charge >= 0.3 is 12.6 Å². The maximum absolute atomic E-state index is 12.1. The Morgan fingerprint density at radius 1 is 1.33 bits per heavy atom. The van der Waals surface area contributed by atoms with Gasteiger partial charge in [-0.2, -0.15) is 8.78 Å². The van der Waals surface area contributed by atoms with Crippen molar-refractivity contribution < 1.29 is 23.0 Å². The first kappa shape index (κ1) is 17.4. The molecule has 1 aromatic rings. The summed E-state index contributed by atoms with van der Waals surface area (Å²) in [6.07, 6.45) is 1.06. The van der Waals surface area contributed by atoms with Crippen molar-refractivity contribution in [3.8, 4) is 5.75 Å². The lowest BCUT2D eigenvalue weighted by Crippen LogP contribution is -2.42. The third kappa shape index (κ3) is 5.30. The molecule has 4 nitrogen and oxygen atoms in total. The number of alkyl halides is 2. The number of hydrogen-bond donors (Lipinski definition) is 1. The highest BCUT2D eigenvalue weighted by molar-refractivity contribution is 5.71. The Morgan fingerprint density at radius 2 is 1.95 bits per heavy atom. The van der Waals surface area contributed by atoms with E-state index in [1.165, 1.54) is 19.2 Å². The molecule has 0 amide bonds. The summed E-state index contributed by atoms with van der Waals surface area (Å²) in [4.78, 5) is 11.6. The van der Waals surface area contributed by atoms with Crippen LogP contribution in [0.25, 0.3) is 0 Å². The van der Waals surface area contributed by atoms with Crippen molar-refractivity contribution in [2.75, 3.05) is 13.7 Å². The van der Waals surface area contributed by atoms with Crippen molar-refractivity contribution in [2.45, 2.75) is 38.8 Å². The quantitative estimate of drug-likeness (QED) is 0.750. The average molecular weight is 301 g/mol. The van der Waals surface area contributed by atoms with Gasteiger partial charge in [-0.15, -0.1) is 0 Å². The van der Waals surface area contributed by atoms with E-state index in [0.29, 0.717) is 0 Å². The smallest absolute Gasteiger partial charge is 0.387 e. The maximum Gasteiger partial charge on any atom is 0.387 e. The van der Waals surface area contributed by atoms with E-state index in [9.17, 15) is 13.6 Å². The molecule has 1 aromatic carbocycles. The molecule has 0 aliphatic rings. The summed E-state index contributed by atoms with van der Waals surface area (Å²) in [5.41, 5.74) is 0.190. The molecular weight excluding hydrogens is 280 g/mol. The van der Waals surface area contributed by atoms with Gasteiger partial charge < -0.3 is 14.8 Å². The first-order valence-electron chi connectivity index (χ1n) is 6.78. The highest BCUT2D eigenvalue weighted by atomic mass is 19.3. The van der Waals surface area contributed by atoms with E-state index in [-0.39, 0.29) is 18.1 Å². The van der Waals surface area contributed by atoms with Crippen molar-refractivity contribution in [3.05, 3.63) is 29.8 Å². The predicted molar refractivity (Wildman–Crippen MR) is 75.4 cm³/mol. The van der Waals surface area contributed by atoms with Crippen LogP contribution in [0, 0.1) is 0 Å². The molecule has 1 atom stereocenters. The van der Waals surface area contributed by atoms with E-state index in [4.69, 9.17) is 4.74 Å². The van der Waals surface area contributed by atoms with Crippen LogP contribution in [0.5, 0.6) is 5.75 Å². The second kappa shape index (κ2) is 7.93. The van der Waals surface area contributed by atoms with E-state index in [2.05, 4.69) is 10.1 Å². The Bertz CT molecular complexity index is 451. The van der Waals surface area contributed by atoms with Crippen LogP contribution in [-0.4, -0.2) is 26.2 Å². The number of ether oxygens (including phenoxy) is 2. The summed E-state index contributed by atoms with van der Waals surface area (Å²) in [5, 5.41) is 3.30. The molecule has 0 saturated heterocycles. The van der Waals surface area contributed by atoms with Gasteiger partial charge in [0.2, 0.25) is 0 Å². The Morgan fingerprint density at radius 3 is 2.43 bits per heavy atom. The molecule has 6 heteroatoms. The number of nitrogens with one attached hydrogen (secondary N) is 1. The van der Waals surface area contributed by atoms with Crippen molar-refractivity contribution in [1.82, 2.24) is 5.32 Å². The van der Waals surface area contributed by atoms with Crippen molar-refractivity contribution in [1.29, 1.82) is 0 Å². The molecular formula is C15H21F2NO3. The third-order valence-corrected chi connectivity index (χ3v) is 3.21. The molecule has 0 radical (unpaired) electrons. The van der Waals surface area contributed by atoms with E-state index >= 15 is 0 Å². The van der Waals surface area contributed by atoms with Crippen LogP contribution in [0.2, 0.25) is 0 Å². The Kier molecular flexibility index (Phi) is 6.55. The number of methoxy groups -OCH3 is 1. The van der Waals surface area contributed by atoms with Gasteiger partial charge in [0.1, 0.15) is 5.75 Å². The zero-order chi connectivity index (χ0) is 15.9. The molecule has 0 bridgehead atoms. The highest BCUT2D eigenvalue weighted by Gasteiger charge is 2.29. The van der Waals surface area contributed by atoms with Crippen molar-refractivity contribution in [3.63, 3.8) is 0 Å². The van der Waals surface area contributed by atoms with Gasteiger partial charge in [-0.25, -0.2) is 0 Å². The van der Waals surface area contributed by atoms with Gasteiger partial charge in [0.05, 0.1) is 19.1 Å². The number of benzene rings is 1. The number of halogens is 2. The fourth-order valence-electron chi connectivity index (χ4n) is 2.03. The lowest BCUT2D eigenvalue weighted by atomic mass is 9.88. The van der Waals surface area contributed by atoms with Gasteiger partial charge in [-0.05, 0) is 37.6 Å². The topological polar surface area (TPSA) is 47.6 Å². The summed E-state index contributed by atoms with van der Waals surface area (Å²) in [6, 6.07) is 6.27. The lowest BCUT2D eigenvalue weighted by Gasteiger charge is -2.30. The predicted octanol–water partition coefficient (Wildman–Crippen LogP) is 3.07.